The largest absolute Gasteiger partial charge is 0.369 e. The van der Waals surface area contributed by atoms with Crippen molar-refractivity contribution in [3.8, 4) is 0 Å². The SMILES string of the molecule is CC(C)c1ccc(NC(=O)C(=S)NC2CCC2)cc1. The summed E-state index contributed by atoms with van der Waals surface area (Å²) in [7, 11) is 0. The maximum Gasteiger partial charge on any atom is 0.283 e. The van der Waals surface area contributed by atoms with E-state index >= 15 is 0 Å². The first-order valence-electron chi connectivity index (χ1n) is 6.78. The van der Waals surface area contributed by atoms with Crippen molar-refractivity contribution in [2.24, 2.45) is 0 Å². The molecule has 102 valence electrons. The number of anilines is 1. The molecule has 0 radical (unpaired) electrons. The predicted octanol–water partition coefficient (Wildman–Crippen LogP) is 3.22. The minimum Gasteiger partial charge on any atom is -0.369 e. The fourth-order valence-electron chi connectivity index (χ4n) is 1.94. The number of rotatable bonds is 3. The smallest absolute Gasteiger partial charge is 0.283 e. The van der Waals surface area contributed by atoms with Crippen LogP contribution in [0.15, 0.2) is 24.3 Å². The van der Waals surface area contributed by atoms with E-state index in [0.717, 1.165) is 18.5 Å². The van der Waals surface area contributed by atoms with Gasteiger partial charge in [0, 0.05) is 11.7 Å². The second kappa shape index (κ2) is 6.15. The molecular weight excluding hydrogens is 256 g/mol. The lowest BCUT2D eigenvalue weighted by molar-refractivity contribution is -0.110. The van der Waals surface area contributed by atoms with E-state index in [1.165, 1.54) is 12.0 Å². The Bertz CT molecular complexity index is 464. The molecule has 1 aromatic rings. The van der Waals surface area contributed by atoms with Gasteiger partial charge in [-0.05, 0) is 42.9 Å². The third-order valence-electron chi connectivity index (χ3n) is 3.48. The van der Waals surface area contributed by atoms with E-state index in [1.807, 2.05) is 24.3 Å². The zero-order valence-electron chi connectivity index (χ0n) is 11.4. The molecule has 1 fully saturated rings. The Morgan fingerprint density at radius 3 is 2.37 bits per heavy atom. The number of hydrogen-bond donors (Lipinski definition) is 2. The molecule has 1 aliphatic carbocycles. The van der Waals surface area contributed by atoms with Crippen LogP contribution in [0.4, 0.5) is 5.69 Å². The Morgan fingerprint density at radius 2 is 1.89 bits per heavy atom. The molecule has 19 heavy (non-hydrogen) atoms. The number of thiocarbonyl (C=S) groups is 1. The molecule has 2 N–H and O–H groups in total. The summed E-state index contributed by atoms with van der Waals surface area (Å²) in [6, 6.07) is 8.28. The Labute approximate surface area is 119 Å². The number of nitrogens with one attached hydrogen (secondary N) is 2. The molecule has 1 aromatic carbocycles. The number of carbonyl (C=O) groups is 1. The van der Waals surface area contributed by atoms with E-state index in [9.17, 15) is 4.79 Å². The summed E-state index contributed by atoms with van der Waals surface area (Å²) in [5.74, 6) is 0.269. The Morgan fingerprint density at radius 1 is 1.26 bits per heavy atom. The lowest BCUT2D eigenvalue weighted by atomic mass is 9.93. The summed E-state index contributed by atoms with van der Waals surface area (Å²) in [6.45, 7) is 4.29. The van der Waals surface area contributed by atoms with Crippen molar-refractivity contribution in [2.75, 3.05) is 5.32 Å². The molecule has 0 aromatic heterocycles. The van der Waals surface area contributed by atoms with Crippen molar-refractivity contribution < 1.29 is 4.79 Å². The summed E-state index contributed by atoms with van der Waals surface area (Å²) in [5, 5.41) is 5.90. The Balaban J connectivity index is 1.88. The molecule has 0 unspecified atom stereocenters. The number of benzene rings is 1. The van der Waals surface area contributed by atoms with Gasteiger partial charge in [-0.25, -0.2) is 0 Å². The van der Waals surface area contributed by atoms with Crippen molar-refractivity contribution in [3.05, 3.63) is 29.8 Å². The maximum atomic E-state index is 11.9. The van der Waals surface area contributed by atoms with Crippen LogP contribution in [-0.2, 0) is 4.79 Å². The van der Waals surface area contributed by atoms with Crippen LogP contribution in [0, 0.1) is 0 Å². The first kappa shape index (κ1) is 14.0. The number of hydrogen-bond acceptors (Lipinski definition) is 2. The fraction of sp³-hybridized carbons (Fsp3) is 0.467. The van der Waals surface area contributed by atoms with Gasteiger partial charge >= 0.3 is 0 Å². The van der Waals surface area contributed by atoms with Gasteiger partial charge in [-0.15, -0.1) is 0 Å². The summed E-state index contributed by atoms with van der Waals surface area (Å²) in [5.41, 5.74) is 2.04. The molecule has 1 aliphatic rings. The third-order valence-corrected chi connectivity index (χ3v) is 3.79. The highest BCUT2D eigenvalue weighted by Gasteiger charge is 2.20. The topological polar surface area (TPSA) is 41.1 Å². The van der Waals surface area contributed by atoms with Crippen LogP contribution >= 0.6 is 12.2 Å². The van der Waals surface area contributed by atoms with Gasteiger partial charge in [0.15, 0.2) is 4.99 Å². The summed E-state index contributed by atoms with van der Waals surface area (Å²) >= 11 is 5.10. The van der Waals surface area contributed by atoms with Crippen molar-refractivity contribution >= 4 is 28.8 Å². The minimum absolute atomic E-state index is 0.223. The molecule has 2 rings (SSSR count). The molecular formula is C15H20N2OS. The first-order chi connectivity index (χ1) is 9.06. The van der Waals surface area contributed by atoms with Crippen molar-refractivity contribution in [3.63, 3.8) is 0 Å². The molecule has 0 saturated heterocycles. The Kier molecular flexibility index (Phi) is 4.53. The zero-order chi connectivity index (χ0) is 13.8. The predicted molar refractivity (Wildman–Crippen MR) is 82.5 cm³/mol. The minimum atomic E-state index is -0.223. The summed E-state index contributed by atoms with van der Waals surface area (Å²) in [4.78, 5) is 12.2. The second-order valence-corrected chi connectivity index (χ2v) is 5.74. The molecule has 0 bridgehead atoms. The lowest BCUT2D eigenvalue weighted by Crippen LogP contribution is -2.43. The van der Waals surface area contributed by atoms with Crippen LogP contribution in [0.2, 0.25) is 0 Å². The molecule has 0 aliphatic heterocycles. The highest BCUT2D eigenvalue weighted by molar-refractivity contribution is 7.82. The van der Waals surface area contributed by atoms with Crippen molar-refractivity contribution in [1.82, 2.24) is 5.32 Å². The summed E-state index contributed by atoms with van der Waals surface area (Å²) in [6.07, 6.45) is 3.44. The van der Waals surface area contributed by atoms with Crippen LogP contribution in [-0.4, -0.2) is 16.9 Å². The van der Waals surface area contributed by atoms with Crippen molar-refractivity contribution in [1.29, 1.82) is 0 Å². The van der Waals surface area contributed by atoms with Crippen LogP contribution in [0.3, 0.4) is 0 Å². The van der Waals surface area contributed by atoms with Gasteiger partial charge in [-0.1, -0.05) is 38.2 Å². The highest BCUT2D eigenvalue weighted by Crippen LogP contribution is 2.19. The van der Waals surface area contributed by atoms with Gasteiger partial charge in [0.25, 0.3) is 5.91 Å². The maximum absolute atomic E-state index is 11.9. The molecule has 0 atom stereocenters. The lowest BCUT2D eigenvalue weighted by Gasteiger charge is -2.27. The van der Waals surface area contributed by atoms with Crippen LogP contribution in [0.1, 0.15) is 44.6 Å². The van der Waals surface area contributed by atoms with E-state index in [1.54, 1.807) is 0 Å². The van der Waals surface area contributed by atoms with Gasteiger partial charge in [-0.3, -0.25) is 4.79 Å². The standard InChI is InChI=1S/C15H20N2OS/c1-10(2)11-6-8-13(9-7-11)16-14(18)15(19)17-12-4-3-5-12/h6-10,12H,3-5H2,1-2H3,(H,16,18)(H,17,19). The van der Waals surface area contributed by atoms with E-state index in [0.29, 0.717) is 12.0 Å². The summed E-state index contributed by atoms with van der Waals surface area (Å²) < 4.78 is 0. The third kappa shape index (κ3) is 3.77. The molecule has 0 spiro atoms. The van der Waals surface area contributed by atoms with Gasteiger partial charge < -0.3 is 10.6 Å². The molecule has 4 heteroatoms. The molecule has 1 amide bonds. The molecule has 1 saturated carbocycles. The number of carbonyl (C=O) groups excluding carboxylic acids is 1. The monoisotopic (exact) mass is 276 g/mol. The van der Waals surface area contributed by atoms with E-state index < -0.39 is 0 Å². The zero-order valence-corrected chi connectivity index (χ0v) is 12.2. The van der Waals surface area contributed by atoms with E-state index in [-0.39, 0.29) is 10.9 Å². The van der Waals surface area contributed by atoms with Gasteiger partial charge in [0.2, 0.25) is 0 Å². The molecule has 0 heterocycles. The van der Waals surface area contributed by atoms with Crippen LogP contribution < -0.4 is 10.6 Å². The van der Waals surface area contributed by atoms with E-state index in [4.69, 9.17) is 12.2 Å². The van der Waals surface area contributed by atoms with Gasteiger partial charge in [-0.2, -0.15) is 0 Å². The van der Waals surface area contributed by atoms with E-state index in [2.05, 4.69) is 24.5 Å². The Hall–Kier alpha value is -1.42. The highest BCUT2D eigenvalue weighted by atomic mass is 32.1. The quantitative estimate of drug-likeness (QED) is 0.833. The fourth-order valence-corrected chi connectivity index (χ4v) is 2.16. The second-order valence-electron chi connectivity index (χ2n) is 5.33. The first-order valence-corrected chi connectivity index (χ1v) is 7.19. The normalized spacial score (nSPS) is 14.9. The van der Waals surface area contributed by atoms with Gasteiger partial charge in [0.05, 0.1) is 0 Å². The number of amides is 1. The van der Waals surface area contributed by atoms with Crippen molar-refractivity contribution in [2.45, 2.75) is 45.1 Å². The molecule has 3 nitrogen and oxygen atoms in total. The van der Waals surface area contributed by atoms with Crippen LogP contribution in [0.25, 0.3) is 0 Å². The average molecular weight is 276 g/mol. The van der Waals surface area contributed by atoms with Gasteiger partial charge in [0.1, 0.15) is 0 Å². The average Bonchev–Trinajstić information content (AvgIpc) is 2.34. The van der Waals surface area contributed by atoms with Crippen LogP contribution in [0.5, 0.6) is 0 Å².